The highest BCUT2D eigenvalue weighted by Gasteiger charge is 2.30. The molecule has 1 aliphatic carbocycles. The third kappa shape index (κ3) is 3.43. The molecule has 1 N–H and O–H groups in total. The number of ether oxygens (including phenoxy) is 1. The van der Waals surface area contributed by atoms with Crippen LogP contribution in [-0.2, 0) is 24.4 Å². The summed E-state index contributed by atoms with van der Waals surface area (Å²) in [6, 6.07) is 0. The first-order valence-corrected chi connectivity index (χ1v) is 6.76. The van der Waals surface area contributed by atoms with E-state index < -0.39 is 21.2 Å². The average molecular weight is 251 g/mol. The third-order valence-electron chi connectivity index (χ3n) is 2.63. The van der Waals surface area contributed by atoms with Crippen molar-refractivity contribution < 1.29 is 22.8 Å². The van der Waals surface area contributed by atoms with Crippen LogP contribution in [0.3, 0.4) is 0 Å². The Kier molecular flexibility index (Phi) is 4.69. The van der Waals surface area contributed by atoms with E-state index in [1.807, 2.05) is 4.89 Å². The fourth-order valence-corrected chi connectivity index (χ4v) is 2.27. The molecule has 0 aromatic heterocycles. The molecule has 1 aliphatic rings. The van der Waals surface area contributed by atoms with Crippen LogP contribution in [0.4, 0.5) is 0 Å². The molecule has 0 spiro atoms. The molecule has 1 saturated carbocycles. The minimum atomic E-state index is -3.81. The summed E-state index contributed by atoms with van der Waals surface area (Å²) >= 11 is 0. The van der Waals surface area contributed by atoms with Gasteiger partial charge in [0, 0.05) is 0 Å². The lowest BCUT2D eigenvalue weighted by molar-refractivity contribution is -0.139. The number of esters is 1. The monoisotopic (exact) mass is 251 g/mol. The Bertz CT molecular complexity index is 334. The second kappa shape index (κ2) is 5.60. The van der Waals surface area contributed by atoms with Crippen molar-refractivity contribution in [3.05, 3.63) is 0 Å². The van der Waals surface area contributed by atoms with Gasteiger partial charge in [0.1, 0.15) is 0 Å². The molecular formula is C9H17NO5S. The van der Waals surface area contributed by atoms with Crippen molar-refractivity contribution in [2.75, 3.05) is 7.11 Å². The van der Waals surface area contributed by atoms with E-state index in [1.54, 1.807) is 0 Å². The lowest BCUT2D eigenvalue weighted by Gasteiger charge is -2.14. The lowest BCUT2D eigenvalue weighted by Crippen LogP contribution is -2.39. The van der Waals surface area contributed by atoms with Crippen molar-refractivity contribution in [1.29, 1.82) is 0 Å². The smallest absolute Gasteiger partial charge is 0.325 e. The molecular weight excluding hydrogens is 234 g/mol. The van der Waals surface area contributed by atoms with E-state index >= 15 is 0 Å². The zero-order valence-electron chi connectivity index (χ0n) is 9.43. The molecule has 0 aromatic carbocycles. The van der Waals surface area contributed by atoms with Crippen LogP contribution in [0.25, 0.3) is 0 Å². The van der Waals surface area contributed by atoms with E-state index in [1.165, 1.54) is 6.92 Å². The first-order valence-electron chi connectivity index (χ1n) is 5.21. The minimum absolute atomic E-state index is 0.0837. The number of sulfonamides is 1. The van der Waals surface area contributed by atoms with Crippen LogP contribution in [0.1, 0.15) is 32.6 Å². The van der Waals surface area contributed by atoms with Crippen molar-refractivity contribution in [2.45, 2.75) is 44.0 Å². The van der Waals surface area contributed by atoms with E-state index in [4.69, 9.17) is 4.84 Å². The van der Waals surface area contributed by atoms with Gasteiger partial charge in [-0.15, -0.1) is 0 Å². The standard InChI is InChI=1S/C9H17NO5S/c1-7(9(11)14-2)16(12,13)10-15-8-5-3-4-6-8/h7-8,10H,3-6H2,1-2H3. The van der Waals surface area contributed by atoms with Gasteiger partial charge in [-0.3, -0.25) is 9.63 Å². The Hall–Kier alpha value is -0.660. The number of methoxy groups -OCH3 is 1. The van der Waals surface area contributed by atoms with Gasteiger partial charge >= 0.3 is 5.97 Å². The van der Waals surface area contributed by atoms with Gasteiger partial charge < -0.3 is 4.74 Å². The molecule has 16 heavy (non-hydrogen) atoms. The first-order chi connectivity index (χ1) is 7.47. The molecule has 1 rings (SSSR count). The molecule has 1 atom stereocenters. The van der Waals surface area contributed by atoms with Crippen molar-refractivity contribution in [1.82, 2.24) is 4.89 Å². The molecule has 1 fully saturated rings. The van der Waals surface area contributed by atoms with Crippen LogP contribution in [0.2, 0.25) is 0 Å². The second-order valence-corrected chi connectivity index (χ2v) is 5.78. The van der Waals surface area contributed by atoms with Gasteiger partial charge in [-0.2, -0.15) is 0 Å². The van der Waals surface area contributed by atoms with Gasteiger partial charge in [-0.05, 0) is 19.8 Å². The van der Waals surface area contributed by atoms with Gasteiger partial charge in [-0.25, -0.2) is 8.42 Å². The number of carbonyl (C=O) groups is 1. The van der Waals surface area contributed by atoms with Gasteiger partial charge in [0.25, 0.3) is 0 Å². The maximum atomic E-state index is 11.6. The highest BCUT2D eigenvalue weighted by Crippen LogP contribution is 2.20. The Morgan fingerprint density at radius 3 is 2.44 bits per heavy atom. The highest BCUT2D eigenvalue weighted by molar-refractivity contribution is 7.90. The van der Waals surface area contributed by atoms with Crippen molar-refractivity contribution >= 4 is 16.0 Å². The summed E-state index contributed by atoms with van der Waals surface area (Å²) in [6.45, 7) is 1.26. The predicted molar refractivity (Wildman–Crippen MR) is 56.9 cm³/mol. The van der Waals surface area contributed by atoms with Crippen molar-refractivity contribution in [3.63, 3.8) is 0 Å². The Morgan fingerprint density at radius 2 is 1.94 bits per heavy atom. The Labute approximate surface area is 95.3 Å². The zero-order valence-corrected chi connectivity index (χ0v) is 10.2. The Balaban J connectivity index is 2.47. The molecule has 94 valence electrons. The van der Waals surface area contributed by atoms with E-state index in [9.17, 15) is 13.2 Å². The predicted octanol–water partition coefficient (Wildman–Crippen LogP) is 0.341. The summed E-state index contributed by atoms with van der Waals surface area (Å²) in [7, 11) is -2.66. The van der Waals surface area contributed by atoms with E-state index in [0.717, 1.165) is 32.8 Å². The van der Waals surface area contributed by atoms with Crippen LogP contribution >= 0.6 is 0 Å². The van der Waals surface area contributed by atoms with Crippen molar-refractivity contribution in [3.8, 4) is 0 Å². The maximum absolute atomic E-state index is 11.6. The van der Waals surface area contributed by atoms with Crippen LogP contribution in [0.5, 0.6) is 0 Å². The molecule has 0 bridgehead atoms. The van der Waals surface area contributed by atoms with Crippen LogP contribution < -0.4 is 4.89 Å². The molecule has 6 nitrogen and oxygen atoms in total. The molecule has 0 amide bonds. The number of nitrogens with one attached hydrogen (secondary N) is 1. The molecule has 0 aromatic rings. The molecule has 1 unspecified atom stereocenters. The lowest BCUT2D eigenvalue weighted by atomic mass is 10.3. The van der Waals surface area contributed by atoms with Crippen LogP contribution in [0, 0.1) is 0 Å². The minimum Gasteiger partial charge on any atom is -0.468 e. The van der Waals surface area contributed by atoms with Gasteiger partial charge in [0.05, 0.1) is 13.2 Å². The maximum Gasteiger partial charge on any atom is 0.325 e. The summed E-state index contributed by atoms with van der Waals surface area (Å²) in [5, 5.41) is -1.26. The number of rotatable bonds is 5. The fourth-order valence-electron chi connectivity index (χ4n) is 1.51. The van der Waals surface area contributed by atoms with Gasteiger partial charge in [0.15, 0.2) is 5.25 Å². The second-order valence-electron chi connectivity index (χ2n) is 3.82. The molecule has 0 aliphatic heterocycles. The molecule has 7 heteroatoms. The van der Waals surface area contributed by atoms with Crippen LogP contribution in [-0.4, -0.2) is 32.9 Å². The van der Waals surface area contributed by atoms with Gasteiger partial charge in [-0.1, -0.05) is 17.7 Å². The summed E-state index contributed by atoms with van der Waals surface area (Å²) in [5.74, 6) is -0.803. The highest BCUT2D eigenvalue weighted by atomic mass is 32.2. The summed E-state index contributed by atoms with van der Waals surface area (Å²) in [5.41, 5.74) is 0. The van der Waals surface area contributed by atoms with E-state index in [-0.39, 0.29) is 6.10 Å². The number of hydrogen-bond acceptors (Lipinski definition) is 5. The summed E-state index contributed by atoms with van der Waals surface area (Å²) in [6.07, 6.45) is 3.68. The fraction of sp³-hybridized carbons (Fsp3) is 0.889. The van der Waals surface area contributed by atoms with Crippen molar-refractivity contribution in [2.24, 2.45) is 0 Å². The number of hydrogen-bond donors (Lipinski definition) is 1. The first kappa shape index (κ1) is 13.4. The third-order valence-corrected chi connectivity index (χ3v) is 4.08. The quantitative estimate of drug-likeness (QED) is 0.563. The van der Waals surface area contributed by atoms with E-state index in [0.29, 0.717) is 0 Å². The van der Waals surface area contributed by atoms with Gasteiger partial charge in [0.2, 0.25) is 10.0 Å². The molecule has 0 saturated heterocycles. The van der Waals surface area contributed by atoms with Crippen LogP contribution in [0.15, 0.2) is 0 Å². The Morgan fingerprint density at radius 1 is 1.38 bits per heavy atom. The largest absolute Gasteiger partial charge is 0.468 e. The number of carbonyl (C=O) groups excluding carboxylic acids is 1. The normalized spacial score (nSPS) is 19.6. The van der Waals surface area contributed by atoms with E-state index in [2.05, 4.69) is 4.74 Å². The summed E-state index contributed by atoms with van der Waals surface area (Å²) < 4.78 is 27.5. The zero-order chi connectivity index (χ0) is 12.2. The SMILES string of the molecule is COC(=O)C(C)S(=O)(=O)NOC1CCCC1. The topological polar surface area (TPSA) is 81.7 Å². The molecule has 0 radical (unpaired) electrons. The summed E-state index contributed by atoms with van der Waals surface area (Å²) in [4.78, 5) is 18.1. The molecule has 0 heterocycles. The average Bonchev–Trinajstić information content (AvgIpc) is 2.77.